The van der Waals surface area contributed by atoms with E-state index >= 15 is 0 Å². The van der Waals surface area contributed by atoms with Crippen molar-refractivity contribution in [1.29, 1.82) is 0 Å². The number of nitrogens with zero attached hydrogens (tertiary/aromatic N) is 1. The molecule has 0 fully saturated rings. The van der Waals surface area contributed by atoms with Crippen LogP contribution in [0.5, 0.6) is 0 Å². The fourth-order valence-corrected chi connectivity index (χ4v) is 0.397. The Balaban J connectivity index is 3.20. The highest BCUT2D eigenvalue weighted by Crippen LogP contribution is 2.05. The minimum atomic E-state index is -0.0926. The fraction of sp³-hybridized carbons (Fsp3) is 0.857. The van der Waals surface area contributed by atoms with E-state index in [1.165, 1.54) is 0 Å². The smallest absolute Gasteiger partial charge is 0.237 e. The van der Waals surface area contributed by atoms with Crippen molar-refractivity contribution in [2.45, 2.75) is 26.4 Å². The van der Waals surface area contributed by atoms with Gasteiger partial charge in [0.1, 0.15) is 6.61 Å². The Morgan fingerprint density at radius 3 is 2.33 bits per heavy atom. The van der Waals surface area contributed by atoms with Crippen LogP contribution in [-0.2, 0) is 4.74 Å². The monoisotopic (exact) mass is 127 g/mol. The van der Waals surface area contributed by atoms with Gasteiger partial charge in [0.2, 0.25) is 6.54 Å². The van der Waals surface area contributed by atoms with Crippen LogP contribution in [0.3, 0.4) is 0 Å². The van der Waals surface area contributed by atoms with E-state index in [1.807, 2.05) is 20.8 Å². The largest absolute Gasteiger partial charge is 0.368 e. The van der Waals surface area contributed by atoms with E-state index in [1.54, 1.807) is 0 Å². The molecule has 2 nitrogen and oxygen atoms in total. The number of hydrogen-bond acceptors (Lipinski definition) is 1. The van der Waals surface area contributed by atoms with Crippen LogP contribution in [0.4, 0.5) is 0 Å². The molecular weight excluding hydrogens is 114 g/mol. The maximum absolute atomic E-state index is 6.46. The summed E-state index contributed by atoms with van der Waals surface area (Å²) in [6, 6.07) is 0. The van der Waals surface area contributed by atoms with E-state index in [0.29, 0.717) is 13.2 Å². The molecule has 0 saturated carbocycles. The normalized spacial score (nSPS) is 10.9. The third-order valence-corrected chi connectivity index (χ3v) is 0.738. The average molecular weight is 127 g/mol. The molecule has 0 unspecified atom stereocenters. The number of rotatable bonds is 2. The zero-order valence-corrected chi connectivity index (χ0v) is 6.27. The van der Waals surface area contributed by atoms with Crippen molar-refractivity contribution in [3.63, 3.8) is 0 Å². The molecule has 0 aromatic rings. The Kier molecular flexibility index (Phi) is 3.26. The van der Waals surface area contributed by atoms with Crippen molar-refractivity contribution < 1.29 is 4.74 Å². The van der Waals surface area contributed by atoms with E-state index in [4.69, 9.17) is 11.3 Å². The summed E-state index contributed by atoms with van der Waals surface area (Å²) in [7, 11) is 0. The van der Waals surface area contributed by atoms with Gasteiger partial charge < -0.3 is 9.58 Å². The van der Waals surface area contributed by atoms with Gasteiger partial charge >= 0.3 is 0 Å². The molecule has 0 aromatic heterocycles. The van der Waals surface area contributed by atoms with Gasteiger partial charge in [0, 0.05) is 0 Å². The van der Waals surface area contributed by atoms with Gasteiger partial charge in [0.05, 0.1) is 5.60 Å². The van der Waals surface area contributed by atoms with Gasteiger partial charge in [-0.1, -0.05) is 0 Å². The molecular formula is C7H13NO. The van der Waals surface area contributed by atoms with Gasteiger partial charge in [-0.3, -0.25) is 0 Å². The average Bonchev–Trinajstić information content (AvgIpc) is 1.63. The topological polar surface area (TPSA) is 13.6 Å². The summed E-state index contributed by atoms with van der Waals surface area (Å²) in [6.07, 6.45) is 0. The summed E-state index contributed by atoms with van der Waals surface area (Å²) < 4.78 is 5.26. The van der Waals surface area contributed by atoms with Crippen LogP contribution >= 0.6 is 0 Å². The predicted molar refractivity (Wildman–Crippen MR) is 37.2 cm³/mol. The van der Waals surface area contributed by atoms with Gasteiger partial charge in [-0.25, -0.2) is 6.57 Å². The molecule has 9 heavy (non-hydrogen) atoms. The van der Waals surface area contributed by atoms with E-state index in [0.717, 1.165) is 0 Å². The Labute approximate surface area is 56.6 Å². The second-order valence-electron chi connectivity index (χ2n) is 2.84. The van der Waals surface area contributed by atoms with Crippen molar-refractivity contribution in [2.75, 3.05) is 13.2 Å². The highest BCUT2D eigenvalue weighted by atomic mass is 16.5. The highest BCUT2D eigenvalue weighted by molar-refractivity contribution is 4.62. The molecule has 0 aliphatic rings. The molecule has 0 bridgehead atoms. The molecule has 0 spiro atoms. The zero-order valence-electron chi connectivity index (χ0n) is 6.27. The van der Waals surface area contributed by atoms with Gasteiger partial charge in [-0.2, -0.15) is 0 Å². The molecule has 0 aromatic carbocycles. The van der Waals surface area contributed by atoms with Crippen LogP contribution in [0.25, 0.3) is 4.85 Å². The molecule has 0 saturated heterocycles. The molecule has 0 heterocycles. The summed E-state index contributed by atoms with van der Waals surface area (Å²) in [5.41, 5.74) is -0.0926. The zero-order chi connectivity index (χ0) is 7.33. The van der Waals surface area contributed by atoms with Gasteiger partial charge in [0.15, 0.2) is 0 Å². The Morgan fingerprint density at radius 1 is 1.44 bits per heavy atom. The summed E-state index contributed by atoms with van der Waals surface area (Å²) in [5, 5.41) is 0. The Hall–Kier alpha value is -0.550. The molecule has 2 heteroatoms. The Morgan fingerprint density at radius 2 is 2.00 bits per heavy atom. The molecule has 0 atom stereocenters. The summed E-state index contributed by atoms with van der Waals surface area (Å²) in [6.45, 7) is 13.4. The SMILES string of the molecule is [C-]#[N+]CCOC(C)(C)C. The predicted octanol–water partition coefficient (Wildman–Crippen LogP) is 1.72. The fourth-order valence-electron chi connectivity index (χ4n) is 0.397. The molecule has 52 valence electrons. The molecule has 0 rings (SSSR count). The van der Waals surface area contributed by atoms with Crippen molar-refractivity contribution in [3.8, 4) is 0 Å². The van der Waals surface area contributed by atoms with Crippen LogP contribution in [-0.4, -0.2) is 18.8 Å². The highest BCUT2D eigenvalue weighted by Gasteiger charge is 2.09. The lowest BCUT2D eigenvalue weighted by Crippen LogP contribution is -2.20. The maximum atomic E-state index is 6.46. The van der Waals surface area contributed by atoms with E-state index < -0.39 is 0 Å². The lowest BCUT2D eigenvalue weighted by Gasteiger charge is -2.17. The first-order valence-electron chi connectivity index (χ1n) is 3.03. The summed E-state index contributed by atoms with van der Waals surface area (Å²) >= 11 is 0. The van der Waals surface area contributed by atoms with Crippen LogP contribution in [0.1, 0.15) is 20.8 Å². The first-order chi connectivity index (χ1) is 4.06. The van der Waals surface area contributed by atoms with Gasteiger partial charge in [-0.15, -0.1) is 0 Å². The van der Waals surface area contributed by atoms with Crippen LogP contribution in [0, 0.1) is 6.57 Å². The standard InChI is InChI=1S/C7H13NO/c1-7(2,3)9-6-5-8-4/h5-6H2,1-3H3. The number of ether oxygens (including phenoxy) is 1. The maximum Gasteiger partial charge on any atom is 0.237 e. The van der Waals surface area contributed by atoms with E-state index in [9.17, 15) is 0 Å². The quantitative estimate of drug-likeness (QED) is 0.407. The minimum Gasteiger partial charge on any atom is -0.368 e. The van der Waals surface area contributed by atoms with Crippen molar-refractivity contribution in [1.82, 2.24) is 0 Å². The number of hydrogen-bond donors (Lipinski definition) is 0. The Bertz CT molecular complexity index is 107. The van der Waals surface area contributed by atoms with Crippen LogP contribution in [0.15, 0.2) is 0 Å². The minimum absolute atomic E-state index is 0.0926. The lowest BCUT2D eigenvalue weighted by atomic mass is 10.2. The third kappa shape index (κ3) is 7.45. The van der Waals surface area contributed by atoms with Crippen LogP contribution in [0.2, 0.25) is 0 Å². The van der Waals surface area contributed by atoms with Gasteiger partial charge in [0.25, 0.3) is 0 Å². The lowest BCUT2D eigenvalue weighted by molar-refractivity contribution is 0.00436. The van der Waals surface area contributed by atoms with Crippen LogP contribution < -0.4 is 0 Å². The first-order valence-corrected chi connectivity index (χ1v) is 3.03. The third-order valence-electron chi connectivity index (χ3n) is 0.738. The van der Waals surface area contributed by atoms with E-state index in [-0.39, 0.29) is 5.60 Å². The van der Waals surface area contributed by atoms with Crippen molar-refractivity contribution >= 4 is 0 Å². The molecule has 0 aliphatic carbocycles. The molecule has 0 aliphatic heterocycles. The van der Waals surface area contributed by atoms with Crippen molar-refractivity contribution in [3.05, 3.63) is 11.4 Å². The molecule has 0 N–H and O–H groups in total. The molecule has 0 amide bonds. The van der Waals surface area contributed by atoms with Gasteiger partial charge in [-0.05, 0) is 20.8 Å². The summed E-state index contributed by atoms with van der Waals surface area (Å²) in [4.78, 5) is 3.16. The van der Waals surface area contributed by atoms with E-state index in [2.05, 4.69) is 4.85 Å². The second-order valence-corrected chi connectivity index (χ2v) is 2.84. The second kappa shape index (κ2) is 3.47. The molecule has 0 radical (unpaired) electrons. The summed E-state index contributed by atoms with van der Waals surface area (Å²) in [5.74, 6) is 0. The van der Waals surface area contributed by atoms with Crippen molar-refractivity contribution in [2.24, 2.45) is 0 Å². The first kappa shape index (κ1) is 8.45.